The van der Waals surface area contributed by atoms with Gasteiger partial charge in [-0.1, -0.05) is 0 Å². The SMILES string of the molecule is CNCC(O)C(O)c1cc(F)c(C(=O)O)cc1F. The van der Waals surface area contributed by atoms with Crippen molar-refractivity contribution in [2.75, 3.05) is 13.6 Å². The molecule has 0 heterocycles. The average molecular weight is 261 g/mol. The van der Waals surface area contributed by atoms with Crippen molar-refractivity contribution in [3.05, 3.63) is 34.9 Å². The summed E-state index contributed by atoms with van der Waals surface area (Å²) in [5, 5.41) is 30.2. The molecule has 7 heteroatoms. The van der Waals surface area contributed by atoms with Gasteiger partial charge in [0.15, 0.2) is 0 Å². The van der Waals surface area contributed by atoms with Gasteiger partial charge in [0.05, 0.1) is 11.7 Å². The Labute approximate surface area is 102 Å². The molecule has 0 aliphatic carbocycles. The maximum atomic E-state index is 13.5. The highest BCUT2D eigenvalue weighted by atomic mass is 19.1. The fraction of sp³-hybridized carbons (Fsp3) is 0.364. The molecule has 0 amide bonds. The average Bonchev–Trinajstić information content (AvgIpc) is 2.30. The van der Waals surface area contributed by atoms with Gasteiger partial charge in [-0.15, -0.1) is 0 Å². The van der Waals surface area contributed by atoms with Gasteiger partial charge in [-0.2, -0.15) is 0 Å². The molecule has 4 N–H and O–H groups in total. The molecule has 0 aromatic heterocycles. The maximum absolute atomic E-state index is 13.5. The molecule has 2 atom stereocenters. The fourth-order valence-electron chi connectivity index (χ4n) is 1.48. The predicted octanol–water partition coefficient (Wildman–Crippen LogP) is 0.277. The number of carbonyl (C=O) groups is 1. The van der Waals surface area contributed by atoms with E-state index in [0.717, 1.165) is 0 Å². The second-order valence-electron chi connectivity index (χ2n) is 3.73. The first-order chi connectivity index (χ1) is 8.38. The third kappa shape index (κ3) is 3.00. The van der Waals surface area contributed by atoms with E-state index in [1.807, 2.05) is 0 Å². The molecule has 0 fully saturated rings. The third-order valence-corrected chi connectivity index (χ3v) is 2.41. The van der Waals surface area contributed by atoms with Gasteiger partial charge in [-0.05, 0) is 19.2 Å². The summed E-state index contributed by atoms with van der Waals surface area (Å²) in [5.74, 6) is -3.87. The Morgan fingerprint density at radius 1 is 1.33 bits per heavy atom. The van der Waals surface area contributed by atoms with Gasteiger partial charge in [0.1, 0.15) is 17.7 Å². The highest BCUT2D eigenvalue weighted by Crippen LogP contribution is 2.23. The summed E-state index contributed by atoms with van der Waals surface area (Å²) >= 11 is 0. The number of hydrogen-bond acceptors (Lipinski definition) is 4. The predicted molar refractivity (Wildman–Crippen MR) is 58.2 cm³/mol. The van der Waals surface area contributed by atoms with Crippen molar-refractivity contribution in [2.45, 2.75) is 12.2 Å². The minimum Gasteiger partial charge on any atom is -0.478 e. The smallest absolute Gasteiger partial charge is 0.338 e. The van der Waals surface area contributed by atoms with E-state index in [9.17, 15) is 23.8 Å². The minimum absolute atomic E-state index is 0.0249. The second kappa shape index (κ2) is 5.85. The number of aliphatic hydroxyl groups is 2. The Hall–Kier alpha value is -1.57. The van der Waals surface area contributed by atoms with E-state index in [2.05, 4.69) is 5.32 Å². The first kappa shape index (κ1) is 14.5. The van der Waals surface area contributed by atoms with Gasteiger partial charge in [0.25, 0.3) is 0 Å². The number of aliphatic hydroxyl groups excluding tert-OH is 2. The van der Waals surface area contributed by atoms with Crippen molar-refractivity contribution in [3.63, 3.8) is 0 Å². The fourth-order valence-corrected chi connectivity index (χ4v) is 1.48. The molecule has 0 saturated heterocycles. The molecule has 2 unspecified atom stereocenters. The van der Waals surface area contributed by atoms with Crippen molar-refractivity contribution in [1.29, 1.82) is 0 Å². The number of carboxylic acids is 1. The van der Waals surface area contributed by atoms with Crippen molar-refractivity contribution in [2.24, 2.45) is 0 Å². The van der Waals surface area contributed by atoms with Crippen LogP contribution < -0.4 is 5.32 Å². The van der Waals surface area contributed by atoms with E-state index in [4.69, 9.17) is 5.11 Å². The van der Waals surface area contributed by atoms with Crippen LogP contribution in [0.25, 0.3) is 0 Å². The van der Waals surface area contributed by atoms with Gasteiger partial charge >= 0.3 is 5.97 Å². The quantitative estimate of drug-likeness (QED) is 0.611. The van der Waals surface area contributed by atoms with Crippen LogP contribution in [0.1, 0.15) is 22.0 Å². The summed E-state index contributed by atoms with van der Waals surface area (Å²) in [4.78, 5) is 10.6. The van der Waals surface area contributed by atoms with E-state index in [-0.39, 0.29) is 6.54 Å². The number of rotatable bonds is 5. The van der Waals surface area contributed by atoms with Gasteiger partial charge in [0.2, 0.25) is 0 Å². The Morgan fingerprint density at radius 2 is 1.94 bits per heavy atom. The van der Waals surface area contributed by atoms with Crippen molar-refractivity contribution in [1.82, 2.24) is 5.32 Å². The lowest BCUT2D eigenvalue weighted by atomic mass is 10.0. The van der Waals surface area contributed by atoms with Gasteiger partial charge in [0, 0.05) is 12.1 Å². The highest BCUT2D eigenvalue weighted by molar-refractivity contribution is 5.88. The van der Waals surface area contributed by atoms with Crippen LogP contribution in [-0.2, 0) is 0 Å². The normalized spacial score (nSPS) is 14.3. The molecule has 100 valence electrons. The Kier molecular flexibility index (Phi) is 4.71. The number of benzene rings is 1. The summed E-state index contributed by atoms with van der Waals surface area (Å²) in [6.45, 7) is -0.0249. The number of nitrogens with one attached hydrogen (secondary N) is 1. The summed E-state index contributed by atoms with van der Waals surface area (Å²) in [7, 11) is 1.51. The molecular weight excluding hydrogens is 248 g/mol. The molecule has 0 aliphatic rings. The first-order valence-electron chi connectivity index (χ1n) is 5.11. The van der Waals surface area contributed by atoms with Crippen molar-refractivity contribution >= 4 is 5.97 Å². The molecule has 0 saturated carbocycles. The van der Waals surface area contributed by atoms with Crippen molar-refractivity contribution < 1.29 is 28.9 Å². The lowest BCUT2D eigenvalue weighted by molar-refractivity contribution is 0.0179. The highest BCUT2D eigenvalue weighted by Gasteiger charge is 2.24. The number of carboxylic acid groups (broad SMARTS) is 1. The van der Waals surface area contributed by atoms with Crippen LogP contribution in [0, 0.1) is 11.6 Å². The summed E-state index contributed by atoms with van der Waals surface area (Å²) in [5.41, 5.74) is -1.31. The summed E-state index contributed by atoms with van der Waals surface area (Å²) in [6, 6.07) is 1.05. The molecule has 18 heavy (non-hydrogen) atoms. The minimum atomic E-state index is -1.64. The molecule has 0 spiro atoms. The molecule has 1 aromatic carbocycles. The Balaban J connectivity index is 3.11. The van der Waals surface area contributed by atoms with E-state index in [1.54, 1.807) is 0 Å². The van der Waals surface area contributed by atoms with Crippen LogP contribution in [0.4, 0.5) is 8.78 Å². The lowest BCUT2D eigenvalue weighted by Crippen LogP contribution is -2.30. The van der Waals surface area contributed by atoms with Crippen molar-refractivity contribution in [3.8, 4) is 0 Å². The molecule has 0 bridgehead atoms. The molecule has 1 rings (SSSR count). The number of aromatic carboxylic acids is 1. The summed E-state index contributed by atoms with van der Waals surface area (Å²) in [6.07, 6.45) is -2.98. The monoisotopic (exact) mass is 261 g/mol. The van der Waals surface area contributed by atoms with E-state index >= 15 is 0 Å². The molecule has 5 nitrogen and oxygen atoms in total. The molecule has 0 aliphatic heterocycles. The topological polar surface area (TPSA) is 89.8 Å². The van der Waals surface area contributed by atoms with Gasteiger partial charge < -0.3 is 20.6 Å². The molecule has 0 radical (unpaired) electrons. The lowest BCUT2D eigenvalue weighted by Gasteiger charge is -2.18. The maximum Gasteiger partial charge on any atom is 0.338 e. The third-order valence-electron chi connectivity index (χ3n) is 2.41. The summed E-state index contributed by atoms with van der Waals surface area (Å²) < 4.78 is 26.9. The van der Waals surface area contributed by atoms with E-state index < -0.39 is 40.9 Å². The van der Waals surface area contributed by atoms with E-state index in [1.165, 1.54) is 7.05 Å². The van der Waals surface area contributed by atoms with Crippen LogP contribution in [0.2, 0.25) is 0 Å². The van der Waals surface area contributed by atoms with Crippen LogP contribution >= 0.6 is 0 Å². The standard InChI is InChI=1S/C11H13F2NO4/c1-14-4-9(15)10(16)5-2-8(13)6(11(17)18)3-7(5)12/h2-3,9-10,14-16H,4H2,1H3,(H,17,18). The zero-order chi connectivity index (χ0) is 13.9. The first-order valence-corrected chi connectivity index (χ1v) is 5.11. The Bertz CT molecular complexity index is 453. The zero-order valence-corrected chi connectivity index (χ0v) is 9.52. The molecule has 1 aromatic rings. The van der Waals surface area contributed by atoms with Gasteiger partial charge in [-0.3, -0.25) is 0 Å². The van der Waals surface area contributed by atoms with Crippen LogP contribution in [0.3, 0.4) is 0 Å². The number of halogens is 2. The number of hydrogen-bond donors (Lipinski definition) is 4. The van der Waals surface area contributed by atoms with Crippen LogP contribution in [0.5, 0.6) is 0 Å². The van der Waals surface area contributed by atoms with Gasteiger partial charge in [-0.25, -0.2) is 13.6 Å². The largest absolute Gasteiger partial charge is 0.478 e. The van der Waals surface area contributed by atoms with Crippen LogP contribution in [0.15, 0.2) is 12.1 Å². The van der Waals surface area contributed by atoms with E-state index in [0.29, 0.717) is 12.1 Å². The molecular formula is C11H13F2NO4. The number of likely N-dealkylation sites (N-methyl/N-ethyl adjacent to an activating group) is 1. The Morgan fingerprint density at radius 3 is 2.44 bits per heavy atom. The zero-order valence-electron chi connectivity index (χ0n) is 9.52. The van der Waals surface area contributed by atoms with Crippen LogP contribution in [-0.4, -0.2) is 41.0 Å². The second-order valence-corrected chi connectivity index (χ2v) is 3.73.